The van der Waals surface area contributed by atoms with Gasteiger partial charge in [-0.15, -0.1) is 0 Å². The molecule has 0 spiro atoms. The van der Waals surface area contributed by atoms with E-state index < -0.39 is 0 Å². The van der Waals surface area contributed by atoms with Gasteiger partial charge in [-0.25, -0.2) is 0 Å². The summed E-state index contributed by atoms with van der Waals surface area (Å²) in [6.45, 7) is 3.66. The van der Waals surface area contributed by atoms with Gasteiger partial charge in [-0.05, 0) is 48.2 Å². The minimum Gasteiger partial charge on any atom is -0.493 e. The summed E-state index contributed by atoms with van der Waals surface area (Å²) < 4.78 is 27.7. The monoisotopic (exact) mass is 385 g/mol. The van der Waals surface area contributed by atoms with E-state index in [0.717, 1.165) is 62.1 Å². The van der Waals surface area contributed by atoms with Crippen molar-refractivity contribution in [3.63, 3.8) is 0 Å². The molecule has 0 bridgehead atoms. The summed E-state index contributed by atoms with van der Waals surface area (Å²) in [6.07, 6.45) is 2.54. The van der Waals surface area contributed by atoms with Gasteiger partial charge in [0, 0.05) is 26.2 Å². The van der Waals surface area contributed by atoms with E-state index in [9.17, 15) is 0 Å². The van der Waals surface area contributed by atoms with Gasteiger partial charge >= 0.3 is 0 Å². The molecule has 0 aromatic heterocycles. The Labute approximate surface area is 165 Å². The van der Waals surface area contributed by atoms with Crippen LogP contribution in [-0.2, 0) is 17.8 Å². The molecular weight excluding hydrogens is 358 g/mol. The third-order valence-corrected chi connectivity index (χ3v) is 5.18. The molecule has 6 nitrogen and oxygen atoms in total. The lowest BCUT2D eigenvalue weighted by Crippen LogP contribution is -2.31. The first kappa shape index (κ1) is 18.9. The molecule has 1 saturated heterocycles. The van der Waals surface area contributed by atoms with Gasteiger partial charge in [0.05, 0.1) is 20.3 Å². The SMILES string of the molecule is COc1ccc(CN(Cc2ccc3c(c2)OCO3)CC2CCCO2)cc1OC. The summed E-state index contributed by atoms with van der Waals surface area (Å²) in [5, 5.41) is 0. The van der Waals surface area contributed by atoms with Gasteiger partial charge in [0.2, 0.25) is 6.79 Å². The zero-order valence-corrected chi connectivity index (χ0v) is 16.5. The van der Waals surface area contributed by atoms with E-state index in [0.29, 0.717) is 6.79 Å². The fourth-order valence-corrected chi connectivity index (χ4v) is 3.80. The Balaban J connectivity index is 1.51. The van der Waals surface area contributed by atoms with Crippen molar-refractivity contribution in [3.05, 3.63) is 47.5 Å². The number of hydrogen-bond donors (Lipinski definition) is 0. The zero-order chi connectivity index (χ0) is 19.3. The molecule has 2 aromatic carbocycles. The van der Waals surface area contributed by atoms with Crippen LogP contribution in [0.3, 0.4) is 0 Å². The molecule has 0 radical (unpaired) electrons. The normalized spacial score (nSPS) is 17.9. The van der Waals surface area contributed by atoms with Crippen LogP contribution in [0.15, 0.2) is 36.4 Å². The number of hydrogen-bond acceptors (Lipinski definition) is 6. The molecule has 6 heteroatoms. The Kier molecular flexibility index (Phi) is 5.88. The Morgan fingerprint density at radius 2 is 1.68 bits per heavy atom. The lowest BCUT2D eigenvalue weighted by Gasteiger charge is -2.26. The van der Waals surface area contributed by atoms with Gasteiger partial charge in [0.1, 0.15) is 0 Å². The van der Waals surface area contributed by atoms with E-state index in [2.05, 4.69) is 23.1 Å². The second-order valence-electron chi connectivity index (χ2n) is 7.18. The van der Waals surface area contributed by atoms with Gasteiger partial charge < -0.3 is 23.7 Å². The van der Waals surface area contributed by atoms with Crippen molar-refractivity contribution in [1.82, 2.24) is 4.90 Å². The average Bonchev–Trinajstić information content (AvgIpc) is 3.39. The van der Waals surface area contributed by atoms with Crippen molar-refractivity contribution in [3.8, 4) is 23.0 Å². The maximum Gasteiger partial charge on any atom is 0.231 e. The lowest BCUT2D eigenvalue weighted by molar-refractivity contribution is 0.0678. The van der Waals surface area contributed by atoms with Crippen LogP contribution in [0.25, 0.3) is 0 Å². The van der Waals surface area contributed by atoms with Gasteiger partial charge in [0.15, 0.2) is 23.0 Å². The molecule has 150 valence electrons. The first-order chi connectivity index (χ1) is 13.7. The fraction of sp³-hybridized carbons (Fsp3) is 0.455. The molecule has 0 amide bonds. The van der Waals surface area contributed by atoms with Gasteiger partial charge in [-0.2, -0.15) is 0 Å². The summed E-state index contributed by atoms with van der Waals surface area (Å²) in [6, 6.07) is 12.2. The van der Waals surface area contributed by atoms with Crippen molar-refractivity contribution in [2.45, 2.75) is 32.0 Å². The summed E-state index contributed by atoms with van der Waals surface area (Å²) in [7, 11) is 3.32. The standard InChI is InChI=1S/C22H27NO5/c1-24-19-7-5-16(10-21(19)25-2)12-23(14-18-4-3-9-26-18)13-17-6-8-20-22(11-17)28-15-27-20/h5-8,10-11,18H,3-4,9,12-15H2,1-2H3. The van der Waals surface area contributed by atoms with E-state index in [-0.39, 0.29) is 6.10 Å². The molecule has 28 heavy (non-hydrogen) atoms. The molecule has 1 fully saturated rings. The largest absolute Gasteiger partial charge is 0.493 e. The number of ether oxygens (including phenoxy) is 5. The molecule has 0 saturated carbocycles. The topological polar surface area (TPSA) is 49.4 Å². The maximum absolute atomic E-state index is 5.88. The minimum atomic E-state index is 0.286. The predicted molar refractivity (Wildman–Crippen MR) is 105 cm³/mol. The highest BCUT2D eigenvalue weighted by atomic mass is 16.7. The second kappa shape index (κ2) is 8.71. The number of methoxy groups -OCH3 is 2. The van der Waals surface area contributed by atoms with E-state index in [1.54, 1.807) is 14.2 Å². The van der Waals surface area contributed by atoms with Crippen LogP contribution in [0.5, 0.6) is 23.0 Å². The van der Waals surface area contributed by atoms with E-state index in [4.69, 9.17) is 23.7 Å². The minimum absolute atomic E-state index is 0.286. The summed E-state index contributed by atoms with van der Waals surface area (Å²) in [4.78, 5) is 2.41. The molecule has 4 rings (SSSR count). The number of rotatable bonds is 8. The molecule has 2 heterocycles. The third-order valence-electron chi connectivity index (χ3n) is 5.18. The van der Waals surface area contributed by atoms with Crippen LogP contribution >= 0.6 is 0 Å². The summed E-state index contributed by atoms with van der Waals surface area (Å²) >= 11 is 0. The molecule has 0 aliphatic carbocycles. The molecule has 1 atom stereocenters. The van der Waals surface area contributed by atoms with Crippen LogP contribution in [0.1, 0.15) is 24.0 Å². The smallest absolute Gasteiger partial charge is 0.231 e. The fourth-order valence-electron chi connectivity index (χ4n) is 3.80. The first-order valence-electron chi connectivity index (χ1n) is 9.68. The van der Waals surface area contributed by atoms with Gasteiger partial charge in [0.25, 0.3) is 0 Å². The van der Waals surface area contributed by atoms with E-state index >= 15 is 0 Å². The average molecular weight is 385 g/mol. The van der Waals surface area contributed by atoms with E-state index in [1.165, 1.54) is 11.1 Å². The molecule has 0 N–H and O–H groups in total. The van der Waals surface area contributed by atoms with Gasteiger partial charge in [-0.3, -0.25) is 4.90 Å². The van der Waals surface area contributed by atoms with Crippen LogP contribution in [-0.4, -0.2) is 45.2 Å². The van der Waals surface area contributed by atoms with Crippen LogP contribution in [0.2, 0.25) is 0 Å². The number of benzene rings is 2. The van der Waals surface area contributed by atoms with Crippen molar-refractivity contribution in [2.75, 3.05) is 34.2 Å². The molecule has 1 unspecified atom stereocenters. The highest BCUT2D eigenvalue weighted by Gasteiger charge is 2.21. The molecular formula is C22H27NO5. The van der Waals surface area contributed by atoms with Crippen molar-refractivity contribution < 1.29 is 23.7 Å². The highest BCUT2D eigenvalue weighted by Crippen LogP contribution is 2.33. The highest BCUT2D eigenvalue weighted by molar-refractivity contribution is 5.45. The van der Waals surface area contributed by atoms with Crippen molar-refractivity contribution in [2.24, 2.45) is 0 Å². The van der Waals surface area contributed by atoms with Crippen LogP contribution in [0.4, 0.5) is 0 Å². The number of nitrogens with zero attached hydrogens (tertiary/aromatic N) is 1. The molecule has 2 aliphatic rings. The molecule has 2 aliphatic heterocycles. The predicted octanol–water partition coefficient (Wildman–Crippen LogP) is 3.61. The quantitative estimate of drug-likeness (QED) is 0.692. The Hall–Kier alpha value is -2.44. The van der Waals surface area contributed by atoms with Gasteiger partial charge in [-0.1, -0.05) is 12.1 Å². The first-order valence-corrected chi connectivity index (χ1v) is 9.68. The van der Waals surface area contributed by atoms with Crippen LogP contribution < -0.4 is 18.9 Å². The summed E-state index contributed by atoms with van der Waals surface area (Å²) in [5.74, 6) is 3.13. The van der Waals surface area contributed by atoms with Crippen LogP contribution in [0, 0.1) is 0 Å². The van der Waals surface area contributed by atoms with E-state index in [1.807, 2.05) is 18.2 Å². The molecule has 2 aromatic rings. The maximum atomic E-state index is 5.88. The van der Waals surface area contributed by atoms with Crippen molar-refractivity contribution >= 4 is 0 Å². The zero-order valence-electron chi connectivity index (χ0n) is 16.5. The Morgan fingerprint density at radius 3 is 2.43 bits per heavy atom. The summed E-state index contributed by atoms with van der Waals surface area (Å²) in [5.41, 5.74) is 2.37. The lowest BCUT2D eigenvalue weighted by atomic mass is 10.1. The Bertz CT molecular complexity index is 804. The second-order valence-corrected chi connectivity index (χ2v) is 7.18. The van der Waals surface area contributed by atoms with Crippen molar-refractivity contribution in [1.29, 1.82) is 0 Å². The third kappa shape index (κ3) is 4.34. The Morgan fingerprint density at radius 1 is 0.929 bits per heavy atom. The number of fused-ring (bicyclic) bond motifs is 1.